The molecule has 0 aromatic rings. The van der Waals surface area contributed by atoms with Crippen molar-refractivity contribution in [2.45, 2.75) is 120 Å². The van der Waals surface area contributed by atoms with Crippen LogP contribution >= 0.6 is 0 Å². The first-order valence-electron chi connectivity index (χ1n) is 13.4. The van der Waals surface area contributed by atoms with Gasteiger partial charge in [0.15, 0.2) is 0 Å². The average molecular weight is 585 g/mol. The van der Waals surface area contributed by atoms with Crippen LogP contribution in [-0.4, -0.2) is 77.8 Å². The van der Waals surface area contributed by atoms with Crippen molar-refractivity contribution in [3.63, 3.8) is 0 Å². The molecule has 5 atom stereocenters. The summed E-state index contributed by atoms with van der Waals surface area (Å²) in [6.45, 7) is 5.42. The molecule has 3 aliphatic rings. The van der Waals surface area contributed by atoms with E-state index >= 15 is 0 Å². The average Bonchev–Trinajstić information content (AvgIpc) is 3.25. The molecule has 1 saturated carbocycles. The van der Waals surface area contributed by atoms with Crippen LogP contribution in [0, 0.1) is 5.92 Å². The molecule has 39 heavy (non-hydrogen) atoms. The first-order chi connectivity index (χ1) is 18.0. The van der Waals surface area contributed by atoms with Gasteiger partial charge in [-0.3, -0.25) is 14.5 Å². The molecule has 15 heteroatoms. The minimum absolute atomic E-state index is 0.00997. The summed E-state index contributed by atoms with van der Waals surface area (Å²) in [6.07, 6.45) is 3.37. The van der Waals surface area contributed by atoms with Gasteiger partial charge in [-0.25, -0.2) is 9.52 Å². The summed E-state index contributed by atoms with van der Waals surface area (Å²) in [5.74, 6) is -2.63. The molecule has 224 valence electrons. The molecular formula is C24H39F3N4O7S. The van der Waals surface area contributed by atoms with Crippen molar-refractivity contribution in [2.24, 2.45) is 5.92 Å². The molecule has 0 aromatic carbocycles. The number of nitrogens with one attached hydrogen (secondary N) is 3. The van der Waals surface area contributed by atoms with Gasteiger partial charge in [0, 0.05) is 6.54 Å². The van der Waals surface area contributed by atoms with Gasteiger partial charge in [-0.2, -0.15) is 21.6 Å². The smallest absolute Gasteiger partial charge is 0.444 e. The van der Waals surface area contributed by atoms with Crippen LogP contribution in [0.1, 0.15) is 85.0 Å². The van der Waals surface area contributed by atoms with Crippen molar-refractivity contribution >= 4 is 27.9 Å². The number of fused-ring (bicyclic) bond motifs is 2. The molecule has 1 unspecified atom stereocenters. The van der Waals surface area contributed by atoms with E-state index in [0.717, 1.165) is 24.0 Å². The summed E-state index contributed by atoms with van der Waals surface area (Å²) >= 11 is 0. The van der Waals surface area contributed by atoms with E-state index in [0.29, 0.717) is 45.1 Å². The molecule has 3 fully saturated rings. The fourth-order valence-electron chi connectivity index (χ4n) is 5.40. The number of hydrogen-bond acceptors (Lipinski definition) is 8. The van der Waals surface area contributed by atoms with Gasteiger partial charge in [0.2, 0.25) is 5.91 Å². The minimum Gasteiger partial charge on any atom is -0.444 e. The van der Waals surface area contributed by atoms with E-state index in [4.69, 9.17) is 4.74 Å². The van der Waals surface area contributed by atoms with Gasteiger partial charge in [0.25, 0.3) is 5.91 Å². The molecule has 0 aromatic heterocycles. The minimum atomic E-state index is -5.95. The standard InChI is InChI=1S/C24H39F3N4O7S/c1-22(2,3)38-21(35)28-16-11-8-6-4-5-7-10-15-14-23(15,20(34)30-39(36,37)24(25,26)27)29-18(32)17-12-9-13-31(17)19(16)33/h15-17,19,33H,4-14H2,1-3H3,(H,28,35)(H,29,32)(H,30,34)/t15-,16+,17+,19?,23-/m1/s1. The number of sulfonamides is 1. The number of aliphatic hydroxyl groups excluding tert-OH is 1. The van der Waals surface area contributed by atoms with E-state index in [1.807, 2.05) is 0 Å². The molecule has 11 nitrogen and oxygen atoms in total. The number of alkyl halides is 3. The molecule has 0 radical (unpaired) electrons. The number of ether oxygens (including phenoxy) is 1. The van der Waals surface area contributed by atoms with Crippen molar-refractivity contribution in [2.75, 3.05) is 6.54 Å². The van der Waals surface area contributed by atoms with E-state index in [-0.39, 0.29) is 6.42 Å². The molecule has 1 aliphatic carbocycles. The number of rotatable bonds is 3. The lowest BCUT2D eigenvalue weighted by Gasteiger charge is -2.35. The summed E-state index contributed by atoms with van der Waals surface area (Å²) in [5.41, 5.74) is -8.24. The van der Waals surface area contributed by atoms with Crippen LogP contribution < -0.4 is 15.4 Å². The number of hydrogen-bond donors (Lipinski definition) is 4. The zero-order valence-electron chi connectivity index (χ0n) is 22.5. The van der Waals surface area contributed by atoms with Crippen LogP contribution in [-0.2, 0) is 24.3 Å². The Hall–Kier alpha value is -2.13. The fraction of sp³-hybridized carbons (Fsp3) is 0.875. The Balaban J connectivity index is 1.83. The number of nitrogens with zero attached hydrogens (tertiary/aromatic N) is 1. The third kappa shape index (κ3) is 7.75. The first-order valence-corrected chi connectivity index (χ1v) is 14.8. The van der Waals surface area contributed by atoms with Gasteiger partial charge in [-0.15, -0.1) is 0 Å². The monoisotopic (exact) mass is 584 g/mol. The van der Waals surface area contributed by atoms with Gasteiger partial charge in [-0.1, -0.05) is 32.1 Å². The number of carbonyl (C=O) groups excluding carboxylic acids is 3. The third-order valence-electron chi connectivity index (χ3n) is 7.45. The molecule has 2 aliphatic heterocycles. The second-order valence-corrected chi connectivity index (χ2v) is 13.3. The predicted molar refractivity (Wildman–Crippen MR) is 133 cm³/mol. The molecule has 0 spiro atoms. The van der Waals surface area contributed by atoms with Crippen LogP contribution in [0.4, 0.5) is 18.0 Å². The number of carbonyl (C=O) groups is 3. The maximum Gasteiger partial charge on any atom is 0.516 e. The number of aliphatic hydroxyl groups is 1. The van der Waals surface area contributed by atoms with E-state index in [9.17, 15) is 41.1 Å². The lowest BCUT2D eigenvalue weighted by atomic mass is 10.0. The normalized spacial score (nSPS) is 31.5. The zero-order valence-corrected chi connectivity index (χ0v) is 23.3. The molecule has 3 amide bonds. The molecular weight excluding hydrogens is 545 g/mol. The highest BCUT2D eigenvalue weighted by atomic mass is 32.2. The Morgan fingerprint density at radius 2 is 1.67 bits per heavy atom. The van der Waals surface area contributed by atoms with Crippen LogP contribution in [0.3, 0.4) is 0 Å². The summed E-state index contributed by atoms with van der Waals surface area (Å²) < 4.78 is 68.5. The number of halogens is 3. The highest BCUT2D eigenvalue weighted by molar-refractivity contribution is 7.90. The Kier molecular flexibility index (Phi) is 9.48. The number of amides is 3. The van der Waals surface area contributed by atoms with E-state index in [1.165, 1.54) is 4.90 Å². The lowest BCUT2D eigenvalue weighted by molar-refractivity contribution is -0.135. The van der Waals surface area contributed by atoms with Crippen molar-refractivity contribution in [3.8, 4) is 0 Å². The summed E-state index contributed by atoms with van der Waals surface area (Å²) in [4.78, 5) is 40.2. The lowest BCUT2D eigenvalue weighted by Crippen LogP contribution is -2.60. The SMILES string of the molecule is CC(C)(C)OC(=O)N[C@H]1CCCCCCC[C@@H]2C[C@@]2(C(=O)NS(=O)(=O)C(F)(F)F)NC(=O)[C@@H]2CCCN2C1O. The summed E-state index contributed by atoms with van der Waals surface area (Å²) in [5, 5.41) is 16.5. The van der Waals surface area contributed by atoms with Crippen molar-refractivity contribution in [1.29, 1.82) is 0 Å². The molecule has 2 saturated heterocycles. The second-order valence-electron chi connectivity index (χ2n) is 11.6. The molecule has 0 bridgehead atoms. The van der Waals surface area contributed by atoms with Crippen molar-refractivity contribution < 1.29 is 45.8 Å². The zero-order chi connectivity index (χ0) is 29.2. The van der Waals surface area contributed by atoms with Crippen LogP contribution in [0.25, 0.3) is 0 Å². The molecule has 3 rings (SSSR count). The Labute approximate surface area is 226 Å². The largest absolute Gasteiger partial charge is 0.516 e. The van der Waals surface area contributed by atoms with E-state index in [2.05, 4.69) is 10.6 Å². The van der Waals surface area contributed by atoms with Crippen LogP contribution in [0.5, 0.6) is 0 Å². The third-order valence-corrected chi connectivity index (χ3v) is 8.52. The highest BCUT2D eigenvalue weighted by Gasteiger charge is 2.63. The molecule has 4 N–H and O–H groups in total. The Bertz CT molecular complexity index is 1030. The number of alkyl carbamates (subject to hydrolysis) is 1. The summed E-state index contributed by atoms with van der Waals surface area (Å²) in [6, 6.07) is -1.69. The quantitative estimate of drug-likeness (QED) is 0.394. The van der Waals surface area contributed by atoms with Crippen molar-refractivity contribution in [1.82, 2.24) is 20.3 Å². The van der Waals surface area contributed by atoms with Crippen LogP contribution in [0.2, 0.25) is 0 Å². The van der Waals surface area contributed by atoms with Gasteiger partial charge >= 0.3 is 21.6 Å². The Morgan fingerprint density at radius 1 is 1.05 bits per heavy atom. The summed E-state index contributed by atoms with van der Waals surface area (Å²) in [7, 11) is -5.95. The maximum absolute atomic E-state index is 13.4. The fourth-order valence-corrected chi connectivity index (χ4v) is 5.94. The van der Waals surface area contributed by atoms with Gasteiger partial charge < -0.3 is 20.5 Å². The topological polar surface area (TPSA) is 154 Å². The van der Waals surface area contributed by atoms with E-state index in [1.54, 1.807) is 20.8 Å². The van der Waals surface area contributed by atoms with E-state index < -0.39 is 68.8 Å². The highest BCUT2D eigenvalue weighted by Crippen LogP contribution is 2.48. The second kappa shape index (κ2) is 11.8. The predicted octanol–water partition coefficient (Wildman–Crippen LogP) is 2.25. The first kappa shape index (κ1) is 31.4. The van der Waals surface area contributed by atoms with Crippen LogP contribution in [0.15, 0.2) is 0 Å². The van der Waals surface area contributed by atoms with Gasteiger partial charge in [-0.05, 0) is 58.8 Å². The maximum atomic E-state index is 13.4. The van der Waals surface area contributed by atoms with Gasteiger partial charge in [0.05, 0.1) is 12.1 Å². The molecule has 2 heterocycles. The van der Waals surface area contributed by atoms with Crippen molar-refractivity contribution in [3.05, 3.63) is 0 Å². The Morgan fingerprint density at radius 3 is 2.28 bits per heavy atom. The van der Waals surface area contributed by atoms with Gasteiger partial charge in [0.1, 0.15) is 17.4 Å².